The van der Waals surface area contributed by atoms with E-state index in [9.17, 15) is 4.79 Å². The monoisotopic (exact) mass is 256 g/mol. The van der Waals surface area contributed by atoms with Crippen LogP contribution in [0.4, 0.5) is 0 Å². The highest BCUT2D eigenvalue weighted by Gasteiger charge is 2.22. The van der Waals surface area contributed by atoms with Gasteiger partial charge in [0.25, 0.3) is 0 Å². The minimum atomic E-state index is 0.196. The second-order valence-corrected chi connectivity index (χ2v) is 5.84. The van der Waals surface area contributed by atoms with E-state index in [1.54, 1.807) is 4.90 Å². The van der Waals surface area contributed by atoms with Crippen LogP contribution >= 0.6 is 0 Å². The first kappa shape index (κ1) is 15.4. The zero-order chi connectivity index (χ0) is 13.5. The highest BCUT2D eigenvalue weighted by molar-refractivity contribution is 5.76. The lowest BCUT2D eigenvalue weighted by molar-refractivity contribution is -0.132. The van der Waals surface area contributed by atoms with Crippen molar-refractivity contribution in [3.63, 3.8) is 0 Å². The third kappa shape index (κ3) is 5.36. The van der Waals surface area contributed by atoms with Crippen molar-refractivity contribution in [2.45, 2.75) is 45.6 Å². The van der Waals surface area contributed by atoms with Gasteiger partial charge in [0.15, 0.2) is 0 Å². The number of likely N-dealkylation sites (N-methyl/N-ethyl adjacent to an activating group) is 1. The predicted octanol–water partition coefficient (Wildman–Crippen LogP) is 1.63. The Bertz CT molecular complexity index is 250. The van der Waals surface area contributed by atoms with Gasteiger partial charge >= 0.3 is 0 Å². The van der Waals surface area contributed by atoms with Crippen molar-refractivity contribution in [2.24, 2.45) is 17.6 Å². The van der Waals surface area contributed by atoms with Crippen LogP contribution in [0, 0.1) is 11.8 Å². The van der Waals surface area contributed by atoms with Gasteiger partial charge in [-0.3, -0.25) is 4.79 Å². The lowest BCUT2D eigenvalue weighted by Gasteiger charge is -2.24. The van der Waals surface area contributed by atoms with Crippen LogP contribution in [0.2, 0.25) is 0 Å². The molecule has 2 N–H and O–H groups in total. The fraction of sp³-hybridized carbons (Fsp3) is 0.929. The Morgan fingerprint density at radius 1 is 1.50 bits per heavy atom. The molecule has 0 saturated carbocycles. The minimum Gasteiger partial charge on any atom is -0.376 e. The van der Waals surface area contributed by atoms with E-state index in [0.717, 1.165) is 32.4 Å². The average molecular weight is 256 g/mol. The topological polar surface area (TPSA) is 55.6 Å². The van der Waals surface area contributed by atoms with E-state index in [2.05, 4.69) is 13.8 Å². The summed E-state index contributed by atoms with van der Waals surface area (Å²) in [5.74, 6) is 1.10. The second-order valence-electron chi connectivity index (χ2n) is 5.84. The Hall–Kier alpha value is -0.610. The first-order valence-corrected chi connectivity index (χ1v) is 7.08. The SMILES string of the molecule is CC(C)CC(CN)CC(=O)N(C)CC1CCCO1. The minimum absolute atomic E-state index is 0.196. The van der Waals surface area contributed by atoms with Gasteiger partial charge in [0, 0.05) is 26.6 Å². The van der Waals surface area contributed by atoms with Gasteiger partial charge in [0.2, 0.25) is 5.91 Å². The molecule has 0 aromatic heterocycles. The predicted molar refractivity (Wildman–Crippen MR) is 73.2 cm³/mol. The number of ether oxygens (including phenoxy) is 1. The molecule has 1 amide bonds. The van der Waals surface area contributed by atoms with E-state index < -0.39 is 0 Å². The number of rotatable bonds is 7. The molecule has 0 aliphatic carbocycles. The number of hydrogen-bond acceptors (Lipinski definition) is 3. The van der Waals surface area contributed by atoms with Crippen LogP contribution in [0.1, 0.15) is 39.5 Å². The molecule has 4 heteroatoms. The number of amides is 1. The van der Waals surface area contributed by atoms with Crippen LogP contribution in [0.25, 0.3) is 0 Å². The first-order chi connectivity index (χ1) is 8.52. The van der Waals surface area contributed by atoms with Crippen molar-refractivity contribution in [2.75, 3.05) is 26.7 Å². The molecular weight excluding hydrogens is 228 g/mol. The number of nitrogens with two attached hydrogens (primary N) is 1. The van der Waals surface area contributed by atoms with Crippen molar-refractivity contribution < 1.29 is 9.53 Å². The van der Waals surface area contributed by atoms with Gasteiger partial charge in [-0.15, -0.1) is 0 Å². The Balaban J connectivity index is 2.32. The van der Waals surface area contributed by atoms with Crippen LogP contribution in [0.5, 0.6) is 0 Å². The maximum absolute atomic E-state index is 12.1. The highest BCUT2D eigenvalue weighted by Crippen LogP contribution is 2.17. The van der Waals surface area contributed by atoms with E-state index in [-0.39, 0.29) is 12.0 Å². The molecule has 1 rings (SSSR count). The Morgan fingerprint density at radius 3 is 2.72 bits per heavy atom. The summed E-state index contributed by atoms with van der Waals surface area (Å²) in [7, 11) is 1.87. The Kier molecular flexibility index (Phi) is 6.65. The molecule has 0 spiro atoms. The molecule has 0 radical (unpaired) electrons. The summed E-state index contributed by atoms with van der Waals surface area (Å²) >= 11 is 0. The lowest BCUT2D eigenvalue weighted by atomic mass is 9.94. The molecule has 18 heavy (non-hydrogen) atoms. The van der Waals surface area contributed by atoms with Gasteiger partial charge in [-0.25, -0.2) is 0 Å². The number of hydrogen-bond donors (Lipinski definition) is 1. The summed E-state index contributed by atoms with van der Waals surface area (Å²) < 4.78 is 5.55. The van der Waals surface area contributed by atoms with Crippen molar-refractivity contribution in [1.29, 1.82) is 0 Å². The molecule has 0 bridgehead atoms. The highest BCUT2D eigenvalue weighted by atomic mass is 16.5. The maximum atomic E-state index is 12.1. The largest absolute Gasteiger partial charge is 0.376 e. The Labute approximate surface area is 111 Å². The molecule has 1 fully saturated rings. The normalized spacial score (nSPS) is 21.3. The summed E-state index contributed by atoms with van der Waals surface area (Å²) in [5.41, 5.74) is 5.74. The van der Waals surface area contributed by atoms with Crippen LogP contribution < -0.4 is 5.73 Å². The lowest BCUT2D eigenvalue weighted by Crippen LogP contribution is -2.36. The van der Waals surface area contributed by atoms with Crippen LogP contribution in [0.15, 0.2) is 0 Å². The Morgan fingerprint density at radius 2 is 2.22 bits per heavy atom. The third-order valence-electron chi connectivity index (χ3n) is 3.53. The van der Waals surface area contributed by atoms with Crippen LogP contribution in [-0.2, 0) is 9.53 Å². The fourth-order valence-electron chi connectivity index (χ4n) is 2.53. The zero-order valence-corrected chi connectivity index (χ0v) is 12.0. The van der Waals surface area contributed by atoms with E-state index in [1.807, 2.05) is 7.05 Å². The smallest absolute Gasteiger partial charge is 0.222 e. The summed E-state index contributed by atoms with van der Waals surface area (Å²) in [5, 5.41) is 0. The van der Waals surface area contributed by atoms with Crippen LogP contribution in [0.3, 0.4) is 0 Å². The van der Waals surface area contributed by atoms with Gasteiger partial charge < -0.3 is 15.4 Å². The van der Waals surface area contributed by atoms with Gasteiger partial charge in [-0.2, -0.15) is 0 Å². The van der Waals surface area contributed by atoms with Crippen molar-refractivity contribution in [3.05, 3.63) is 0 Å². The average Bonchev–Trinajstić information content (AvgIpc) is 2.80. The molecule has 0 aromatic rings. The molecule has 2 unspecified atom stereocenters. The molecule has 4 nitrogen and oxygen atoms in total. The molecule has 1 saturated heterocycles. The van der Waals surface area contributed by atoms with Gasteiger partial charge in [-0.1, -0.05) is 13.8 Å². The molecule has 0 aromatic carbocycles. The van der Waals surface area contributed by atoms with Gasteiger partial charge in [0.1, 0.15) is 0 Å². The molecule has 106 valence electrons. The van der Waals surface area contributed by atoms with E-state index in [4.69, 9.17) is 10.5 Å². The van der Waals surface area contributed by atoms with E-state index in [0.29, 0.717) is 24.8 Å². The van der Waals surface area contributed by atoms with Gasteiger partial charge in [-0.05, 0) is 37.6 Å². The second kappa shape index (κ2) is 7.74. The molecular formula is C14H28N2O2. The van der Waals surface area contributed by atoms with Crippen molar-refractivity contribution in [1.82, 2.24) is 4.90 Å². The van der Waals surface area contributed by atoms with E-state index >= 15 is 0 Å². The maximum Gasteiger partial charge on any atom is 0.222 e. The summed E-state index contributed by atoms with van der Waals surface area (Å²) in [6.07, 6.45) is 4.02. The standard InChI is InChI=1S/C14H28N2O2/c1-11(2)7-12(9-15)8-14(17)16(3)10-13-5-4-6-18-13/h11-13H,4-10,15H2,1-3H3. The van der Waals surface area contributed by atoms with Gasteiger partial charge in [0.05, 0.1) is 6.10 Å². The third-order valence-corrected chi connectivity index (χ3v) is 3.53. The number of nitrogens with zero attached hydrogens (tertiary/aromatic N) is 1. The van der Waals surface area contributed by atoms with Crippen LogP contribution in [-0.4, -0.2) is 43.7 Å². The molecule has 1 heterocycles. The molecule has 1 aliphatic heterocycles. The molecule has 2 atom stereocenters. The molecule has 1 aliphatic rings. The summed E-state index contributed by atoms with van der Waals surface area (Å²) in [6.45, 7) is 6.49. The number of carbonyl (C=O) groups is 1. The number of carbonyl (C=O) groups excluding carboxylic acids is 1. The van der Waals surface area contributed by atoms with Crippen molar-refractivity contribution in [3.8, 4) is 0 Å². The zero-order valence-electron chi connectivity index (χ0n) is 12.0. The quantitative estimate of drug-likeness (QED) is 0.753. The fourth-order valence-corrected chi connectivity index (χ4v) is 2.53. The van der Waals surface area contributed by atoms with E-state index in [1.165, 1.54) is 0 Å². The summed E-state index contributed by atoms with van der Waals surface area (Å²) in [6, 6.07) is 0. The summed E-state index contributed by atoms with van der Waals surface area (Å²) in [4.78, 5) is 13.9. The van der Waals surface area contributed by atoms with Crippen molar-refractivity contribution >= 4 is 5.91 Å². The first-order valence-electron chi connectivity index (χ1n) is 7.08.